The van der Waals surface area contributed by atoms with Crippen LogP contribution in [-0.2, 0) is 17.8 Å². The van der Waals surface area contributed by atoms with Crippen LogP contribution in [-0.4, -0.2) is 29.5 Å². The van der Waals surface area contributed by atoms with Gasteiger partial charge in [-0.15, -0.1) is 12.4 Å². The molecule has 1 fully saturated rings. The van der Waals surface area contributed by atoms with Gasteiger partial charge in [-0.1, -0.05) is 0 Å². The molecular weight excluding hydrogens is 250 g/mol. The summed E-state index contributed by atoms with van der Waals surface area (Å²) in [5.41, 5.74) is 2.78. The zero-order valence-corrected chi connectivity index (χ0v) is 11.7. The molecule has 0 bridgehead atoms. The summed E-state index contributed by atoms with van der Waals surface area (Å²) in [7, 11) is 0. The van der Waals surface area contributed by atoms with Crippen molar-refractivity contribution in [3.05, 3.63) is 17.5 Å². The summed E-state index contributed by atoms with van der Waals surface area (Å²) in [4.78, 5) is 0. The molecule has 18 heavy (non-hydrogen) atoms. The third-order valence-electron chi connectivity index (χ3n) is 3.76. The van der Waals surface area contributed by atoms with E-state index in [0.717, 1.165) is 38.8 Å². The zero-order valence-electron chi connectivity index (χ0n) is 10.9. The van der Waals surface area contributed by atoms with Crippen molar-refractivity contribution in [2.45, 2.75) is 38.8 Å². The minimum Gasteiger partial charge on any atom is -0.381 e. The first-order valence-corrected chi connectivity index (χ1v) is 6.71. The van der Waals surface area contributed by atoms with Gasteiger partial charge in [0, 0.05) is 37.7 Å². The molecule has 2 heterocycles. The Morgan fingerprint density at radius 1 is 1.50 bits per heavy atom. The van der Waals surface area contributed by atoms with Gasteiger partial charge < -0.3 is 10.1 Å². The highest BCUT2D eigenvalue weighted by molar-refractivity contribution is 5.85. The molecule has 1 N–H and O–H groups in total. The first-order chi connectivity index (χ1) is 8.38. The van der Waals surface area contributed by atoms with Crippen molar-refractivity contribution >= 4 is 12.4 Å². The van der Waals surface area contributed by atoms with E-state index in [1.54, 1.807) is 0 Å². The Labute approximate surface area is 114 Å². The lowest BCUT2D eigenvalue weighted by Crippen LogP contribution is -2.31. The average Bonchev–Trinajstić information content (AvgIpc) is 3.07. The topological polar surface area (TPSA) is 39.1 Å². The van der Waals surface area contributed by atoms with Crippen LogP contribution in [0.25, 0.3) is 0 Å². The molecule has 102 valence electrons. The summed E-state index contributed by atoms with van der Waals surface area (Å²) in [6, 6.07) is 0. The highest BCUT2D eigenvalue weighted by atomic mass is 35.5. The molecule has 3 rings (SSSR count). The quantitative estimate of drug-likeness (QED) is 0.890. The van der Waals surface area contributed by atoms with Gasteiger partial charge in [-0.25, -0.2) is 0 Å². The van der Waals surface area contributed by atoms with Crippen LogP contribution in [0.5, 0.6) is 0 Å². The van der Waals surface area contributed by atoms with Gasteiger partial charge in [0.25, 0.3) is 0 Å². The molecule has 2 aliphatic rings. The van der Waals surface area contributed by atoms with Gasteiger partial charge >= 0.3 is 0 Å². The summed E-state index contributed by atoms with van der Waals surface area (Å²) < 4.78 is 7.76. The molecule has 0 saturated heterocycles. The Hall–Kier alpha value is -0.580. The number of nitrogens with one attached hydrogen (secondary N) is 1. The van der Waals surface area contributed by atoms with Crippen molar-refractivity contribution in [1.29, 1.82) is 0 Å². The van der Waals surface area contributed by atoms with E-state index in [2.05, 4.69) is 21.3 Å². The first kappa shape index (κ1) is 13.8. The van der Waals surface area contributed by atoms with Crippen molar-refractivity contribution in [3.63, 3.8) is 0 Å². The van der Waals surface area contributed by atoms with Crippen LogP contribution in [0.15, 0.2) is 6.20 Å². The summed E-state index contributed by atoms with van der Waals surface area (Å²) >= 11 is 0. The molecule has 1 aromatic rings. The number of aromatic nitrogens is 2. The van der Waals surface area contributed by atoms with Crippen molar-refractivity contribution in [2.75, 3.05) is 19.8 Å². The number of fused-ring (bicyclic) bond motifs is 1. The largest absolute Gasteiger partial charge is 0.381 e. The van der Waals surface area contributed by atoms with Crippen LogP contribution in [0.4, 0.5) is 0 Å². The molecule has 1 atom stereocenters. The number of hydrogen-bond donors (Lipinski definition) is 1. The molecule has 0 aromatic carbocycles. The summed E-state index contributed by atoms with van der Waals surface area (Å²) in [5.74, 6) is 1.36. The Bertz CT molecular complexity index is 390. The fourth-order valence-corrected chi connectivity index (χ4v) is 2.55. The Balaban J connectivity index is 0.00000120. The number of hydrogen-bond acceptors (Lipinski definition) is 3. The third kappa shape index (κ3) is 2.87. The van der Waals surface area contributed by atoms with E-state index >= 15 is 0 Å². The maximum Gasteiger partial charge on any atom is 0.0558 e. The van der Waals surface area contributed by atoms with Crippen LogP contribution in [0.3, 0.4) is 0 Å². The van der Waals surface area contributed by atoms with Crippen LogP contribution < -0.4 is 5.32 Å². The molecule has 4 nitrogen and oxygen atoms in total. The fourth-order valence-electron chi connectivity index (χ4n) is 2.55. The van der Waals surface area contributed by atoms with E-state index in [9.17, 15) is 0 Å². The average molecular weight is 272 g/mol. The summed E-state index contributed by atoms with van der Waals surface area (Å²) in [5, 5.41) is 8.04. The molecule has 1 aliphatic heterocycles. The van der Waals surface area contributed by atoms with E-state index in [4.69, 9.17) is 4.74 Å². The van der Waals surface area contributed by atoms with Crippen molar-refractivity contribution in [2.24, 2.45) is 5.92 Å². The maximum absolute atomic E-state index is 5.56. The number of rotatable bonds is 5. The van der Waals surface area contributed by atoms with Gasteiger partial charge in [0.1, 0.15) is 0 Å². The lowest BCUT2D eigenvalue weighted by atomic mass is 9.97. The number of ether oxygens (including phenoxy) is 1. The predicted molar refractivity (Wildman–Crippen MR) is 73.1 cm³/mol. The monoisotopic (exact) mass is 271 g/mol. The third-order valence-corrected chi connectivity index (χ3v) is 3.76. The van der Waals surface area contributed by atoms with Gasteiger partial charge in [-0.05, 0) is 25.7 Å². The smallest absolute Gasteiger partial charge is 0.0558 e. The van der Waals surface area contributed by atoms with Crippen LogP contribution >= 0.6 is 12.4 Å². The molecule has 0 spiro atoms. The summed E-state index contributed by atoms with van der Waals surface area (Å²) in [6.45, 7) is 6.74. The second-order valence-electron chi connectivity index (χ2n) is 5.16. The molecule has 0 amide bonds. The molecule has 5 heteroatoms. The Kier molecular flexibility index (Phi) is 4.65. The Morgan fingerprint density at radius 3 is 3.06 bits per heavy atom. The minimum absolute atomic E-state index is 0. The van der Waals surface area contributed by atoms with Crippen LogP contribution in [0, 0.1) is 5.92 Å². The van der Waals surface area contributed by atoms with Crippen molar-refractivity contribution in [1.82, 2.24) is 15.1 Å². The molecular formula is C13H22ClN3O. The second kappa shape index (κ2) is 6.04. The van der Waals surface area contributed by atoms with Gasteiger partial charge in [-0.2, -0.15) is 5.10 Å². The molecule has 1 unspecified atom stereocenters. The minimum atomic E-state index is 0. The standard InChI is InChI=1S/C13H21N3O.ClH/c1-2-17-9-11-5-14-7-13-12(11)6-15-16(13)8-10-3-4-10;/h6,10-11,14H,2-5,7-9H2,1H3;1H. The molecule has 1 saturated carbocycles. The number of halogens is 1. The SMILES string of the molecule is CCOCC1CNCc2c1cnn2CC1CC1.Cl. The van der Waals surface area contributed by atoms with Crippen molar-refractivity contribution < 1.29 is 4.74 Å². The van der Waals surface area contributed by atoms with Gasteiger partial charge in [0.2, 0.25) is 0 Å². The normalized spacial score (nSPS) is 22.4. The highest BCUT2D eigenvalue weighted by Crippen LogP contribution is 2.32. The first-order valence-electron chi connectivity index (χ1n) is 6.71. The highest BCUT2D eigenvalue weighted by Gasteiger charge is 2.27. The van der Waals surface area contributed by atoms with Crippen molar-refractivity contribution in [3.8, 4) is 0 Å². The fraction of sp³-hybridized carbons (Fsp3) is 0.769. The predicted octanol–water partition coefficient (Wildman–Crippen LogP) is 1.94. The van der Waals surface area contributed by atoms with Gasteiger partial charge in [0.05, 0.1) is 18.5 Å². The van der Waals surface area contributed by atoms with Crippen LogP contribution in [0.1, 0.15) is 36.9 Å². The van der Waals surface area contributed by atoms with Gasteiger partial charge in [-0.3, -0.25) is 4.68 Å². The molecule has 1 aromatic heterocycles. The van der Waals surface area contributed by atoms with E-state index in [-0.39, 0.29) is 12.4 Å². The van der Waals surface area contributed by atoms with E-state index in [1.807, 2.05) is 6.92 Å². The molecule has 0 radical (unpaired) electrons. The molecule has 1 aliphatic carbocycles. The van der Waals surface area contributed by atoms with E-state index < -0.39 is 0 Å². The lowest BCUT2D eigenvalue weighted by molar-refractivity contribution is 0.129. The Morgan fingerprint density at radius 2 is 2.33 bits per heavy atom. The van der Waals surface area contributed by atoms with E-state index in [1.165, 1.54) is 24.1 Å². The maximum atomic E-state index is 5.56. The van der Waals surface area contributed by atoms with E-state index in [0.29, 0.717) is 5.92 Å². The lowest BCUT2D eigenvalue weighted by Gasteiger charge is -2.24. The number of nitrogens with zero attached hydrogens (tertiary/aromatic N) is 2. The van der Waals surface area contributed by atoms with Crippen LogP contribution in [0.2, 0.25) is 0 Å². The summed E-state index contributed by atoms with van der Waals surface area (Å²) in [6.07, 6.45) is 4.82. The zero-order chi connectivity index (χ0) is 11.7. The van der Waals surface area contributed by atoms with Gasteiger partial charge in [0.15, 0.2) is 0 Å². The second-order valence-corrected chi connectivity index (χ2v) is 5.16.